The van der Waals surface area contributed by atoms with Gasteiger partial charge in [0.25, 0.3) is 0 Å². The zero-order valence-corrected chi connectivity index (χ0v) is 11.1. The number of ether oxygens (including phenoxy) is 1. The maximum Gasteiger partial charge on any atom is 0.121 e. The van der Waals surface area contributed by atoms with Gasteiger partial charge < -0.3 is 10.5 Å². The first-order valence-electron chi connectivity index (χ1n) is 6.30. The van der Waals surface area contributed by atoms with Gasteiger partial charge in [-0.05, 0) is 30.8 Å². The first kappa shape index (κ1) is 13.4. The van der Waals surface area contributed by atoms with Gasteiger partial charge in [0.1, 0.15) is 12.4 Å². The summed E-state index contributed by atoms with van der Waals surface area (Å²) in [6, 6.07) is 11.5. The van der Waals surface area contributed by atoms with Gasteiger partial charge in [0.05, 0.1) is 0 Å². The molecule has 0 fully saturated rings. The van der Waals surface area contributed by atoms with Gasteiger partial charge in [0.15, 0.2) is 0 Å². The van der Waals surface area contributed by atoms with Crippen LogP contribution in [0.5, 0.6) is 5.75 Å². The van der Waals surface area contributed by atoms with Crippen molar-refractivity contribution in [2.45, 2.75) is 6.54 Å². The van der Waals surface area contributed by atoms with Crippen LogP contribution in [0.2, 0.25) is 0 Å². The van der Waals surface area contributed by atoms with E-state index in [9.17, 15) is 0 Å². The molecule has 0 aliphatic carbocycles. The Bertz CT molecular complexity index is 502. The molecule has 0 aliphatic heterocycles. The molecule has 2 rings (SSSR count). The summed E-state index contributed by atoms with van der Waals surface area (Å²) in [5.41, 5.74) is 7.62. The Morgan fingerprint density at radius 3 is 2.89 bits per heavy atom. The number of hydrogen-bond donors (Lipinski definition) is 1. The minimum absolute atomic E-state index is 0.639. The average molecular weight is 257 g/mol. The molecule has 19 heavy (non-hydrogen) atoms. The lowest BCUT2D eigenvalue weighted by Crippen LogP contribution is -2.23. The summed E-state index contributed by atoms with van der Waals surface area (Å²) in [4.78, 5) is 6.30. The highest BCUT2D eigenvalue weighted by Gasteiger charge is 2.01. The summed E-state index contributed by atoms with van der Waals surface area (Å²) < 4.78 is 5.66. The van der Waals surface area contributed by atoms with E-state index in [2.05, 4.69) is 23.0 Å². The SMILES string of the molecule is CN(CCOc1cccc(N)c1)Cc1cccnc1. The van der Waals surface area contributed by atoms with Crippen LogP contribution in [-0.2, 0) is 6.54 Å². The Kier molecular flexibility index (Phi) is 4.75. The van der Waals surface area contributed by atoms with Crippen molar-refractivity contribution in [3.63, 3.8) is 0 Å². The summed E-state index contributed by atoms with van der Waals surface area (Å²) in [6.07, 6.45) is 3.67. The molecule has 4 nitrogen and oxygen atoms in total. The molecule has 1 aromatic heterocycles. The van der Waals surface area contributed by atoms with Crippen LogP contribution in [0.3, 0.4) is 0 Å². The summed E-state index contributed by atoms with van der Waals surface area (Å²) in [5, 5.41) is 0. The molecule has 0 atom stereocenters. The van der Waals surface area contributed by atoms with Crippen LogP contribution in [0.4, 0.5) is 5.69 Å². The monoisotopic (exact) mass is 257 g/mol. The predicted octanol–water partition coefficient (Wildman–Crippen LogP) is 2.17. The molecule has 0 spiro atoms. The van der Waals surface area contributed by atoms with Gasteiger partial charge >= 0.3 is 0 Å². The number of nitrogens with zero attached hydrogens (tertiary/aromatic N) is 2. The third kappa shape index (κ3) is 4.60. The van der Waals surface area contributed by atoms with Gasteiger partial charge in [-0.2, -0.15) is 0 Å². The molecule has 1 aromatic carbocycles. The minimum Gasteiger partial charge on any atom is -0.492 e. The summed E-state index contributed by atoms with van der Waals surface area (Å²) in [7, 11) is 2.07. The molecular weight excluding hydrogens is 238 g/mol. The maximum atomic E-state index is 5.69. The number of anilines is 1. The normalized spacial score (nSPS) is 10.6. The Morgan fingerprint density at radius 2 is 2.16 bits per heavy atom. The molecule has 0 amide bonds. The van der Waals surface area contributed by atoms with Crippen molar-refractivity contribution in [1.29, 1.82) is 0 Å². The second kappa shape index (κ2) is 6.75. The molecule has 1 heterocycles. The molecule has 4 heteroatoms. The van der Waals surface area contributed by atoms with Crippen molar-refractivity contribution >= 4 is 5.69 Å². The van der Waals surface area contributed by atoms with Gasteiger partial charge in [0, 0.05) is 37.2 Å². The van der Waals surface area contributed by atoms with E-state index in [1.807, 2.05) is 36.5 Å². The smallest absolute Gasteiger partial charge is 0.121 e. The fraction of sp³-hybridized carbons (Fsp3) is 0.267. The number of nitrogens with two attached hydrogens (primary N) is 1. The number of hydrogen-bond acceptors (Lipinski definition) is 4. The summed E-state index contributed by atoms with van der Waals surface area (Å²) in [5.74, 6) is 0.815. The second-order valence-corrected chi connectivity index (χ2v) is 4.52. The molecule has 2 N–H and O–H groups in total. The predicted molar refractivity (Wildman–Crippen MR) is 76.9 cm³/mol. The molecular formula is C15H19N3O. The van der Waals surface area contributed by atoms with Crippen molar-refractivity contribution in [2.75, 3.05) is 25.9 Å². The van der Waals surface area contributed by atoms with Crippen LogP contribution >= 0.6 is 0 Å². The number of benzene rings is 1. The molecule has 0 unspecified atom stereocenters. The van der Waals surface area contributed by atoms with Gasteiger partial charge in [-0.1, -0.05) is 12.1 Å². The zero-order valence-electron chi connectivity index (χ0n) is 11.1. The molecule has 0 bridgehead atoms. The molecule has 0 aliphatic rings. The quantitative estimate of drug-likeness (QED) is 0.806. The van der Waals surface area contributed by atoms with Crippen LogP contribution in [0.25, 0.3) is 0 Å². The van der Waals surface area contributed by atoms with E-state index in [1.165, 1.54) is 5.56 Å². The van der Waals surface area contributed by atoms with E-state index in [0.717, 1.165) is 24.5 Å². The summed E-state index contributed by atoms with van der Waals surface area (Å²) >= 11 is 0. The minimum atomic E-state index is 0.639. The number of likely N-dealkylation sites (N-methyl/N-ethyl adjacent to an activating group) is 1. The van der Waals surface area contributed by atoms with Crippen LogP contribution < -0.4 is 10.5 Å². The topological polar surface area (TPSA) is 51.4 Å². The van der Waals surface area contributed by atoms with Crippen molar-refractivity contribution in [1.82, 2.24) is 9.88 Å². The third-order valence-corrected chi connectivity index (χ3v) is 2.78. The maximum absolute atomic E-state index is 5.69. The highest BCUT2D eigenvalue weighted by molar-refractivity contribution is 5.43. The lowest BCUT2D eigenvalue weighted by Gasteiger charge is -2.16. The molecule has 0 saturated heterocycles. The van der Waals surface area contributed by atoms with Crippen molar-refractivity contribution < 1.29 is 4.74 Å². The standard InChI is InChI=1S/C15H19N3O/c1-18(12-13-4-3-7-17-11-13)8-9-19-15-6-2-5-14(16)10-15/h2-7,10-11H,8-9,12,16H2,1H3. The molecule has 2 aromatic rings. The summed E-state index contributed by atoms with van der Waals surface area (Å²) in [6.45, 7) is 2.36. The molecule has 0 saturated carbocycles. The third-order valence-electron chi connectivity index (χ3n) is 2.78. The number of rotatable bonds is 6. The first-order valence-corrected chi connectivity index (χ1v) is 6.30. The van der Waals surface area contributed by atoms with Crippen LogP contribution in [0.1, 0.15) is 5.56 Å². The fourth-order valence-electron chi connectivity index (χ4n) is 1.81. The van der Waals surface area contributed by atoms with Crippen LogP contribution in [0, 0.1) is 0 Å². The van der Waals surface area contributed by atoms with Crippen LogP contribution in [0.15, 0.2) is 48.8 Å². The average Bonchev–Trinajstić information content (AvgIpc) is 2.40. The van der Waals surface area contributed by atoms with E-state index < -0.39 is 0 Å². The van der Waals surface area contributed by atoms with E-state index >= 15 is 0 Å². The van der Waals surface area contributed by atoms with Gasteiger partial charge in [0.2, 0.25) is 0 Å². The van der Waals surface area contributed by atoms with E-state index in [-0.39, 0.29) is 0 Å². The number of aromatic nitrogens is 1. The van der Waals surface area contributed by atoms with Crippen molar-refractivity contribution in [2.24, 2.45) is 0 Å². The Balaban J connectivity index is 1.73. The van der Waals surface area contributed by atoms with E-state index in [0.29, 0.717) is 6.61 Å². The van der Waals surface area contributed by atoms with E-state index in [4.69, 9.17) is 10.5 Å². The Labute approximate surface area is 113 Å². The second-order valence-electron chi connectivity index (χ2n) is 4.52. The van der Waals surface area contributed by atoms with E-state index in [1.54, 1.807) is 6.20 Å². The number of pyridine rings is 1. The van der Waals surface area contributed by atoms with Crippen molar-refractivity contribution in [3.8, 4) is 5.75 Å². The highest BCUT2D eigenvalue weighted by Crippen LogP contribution is 2.14. The fourth-order valence-corrected chi connectivity index (χ4v) is 1.81. The zero-order chi connectivity index (χ0) is 13.5. The highest BCUT2D eigenvalue weighted by atomic mass is 16.5. The lowest BCUT2D eigenvalue weighted by atomic mass is 10.3. The molecule has 100 valence electrons. The lowest BCUT2D eigenvalue weighted by molar-refractivity contribution is 0.233. The first-order chi connectivity index (χ1) is 9.24. The Morgan fingerprint density at radius 1 is 1.26 bits per heavy atom. The van der Waals surface area contributed by atoms with Crippen molar-refractivity contribution in [3.05, 3.63) is 54.4 Å². The Hall–Kier alpha value is -2.07. The van der Waals surface area contributed by atoms with Crippen LogP contribution in [-0.4, -0.2) is 30.1 Å². The van der Waals surface area contributed by atoms with Gasteiger partial charge in [-0.3, -0.25) is 9.88 Å². The largest absolute Gasteiger partial charge is 0.492 e. The molecule has 0 radical (unpaired) electrons. The number of nitrogen functional groups attached to an aromatic ring is 1. The van der Waals surface area contributed by atoms with Gasteiger partial charge in [-0.15, -0.1) is 0 Å². The van der Waals surface area contributed by atoms with Gasteiger partial charge in [-0.25, -0.2) is 0 Å².